The van der Waals surface area contributed by atoms with Gasteiger partial charge >= 0.3 is 0 Å². The van der Waals surface area contributed by atoms with Gasteiger partial charge in [-0.25, -0.2) is 0 Å². The molecular weight excluding hydrogens is 513 g/mol. The van der Waals surface area contributed by atoms with E-state index in [2.05, 4.69) is 27.8 Å². The minimum atomic E-state index is -0.705. The van der Waals surface area contributed by atoms with Gasteiger partial charge in [-0.1, -0.05) is 19.4 Å². The van der Waals surface area contributed by atoms with Crippen LogP contribution in [0.15, 0.2) is 23.2 Å². The van der Waals surface area contributed by atoms with E-state index in [1.807, 2.05) is 19.9 Å². The molecule has 0 aliphatic heterocycles. The van der Waals surface area contributed by atoms with Gasteiger partial charge in [0.15, 0.2) is 17.5 Å². The molecule has 0 radical (unpaired) electrons. The van der Waals surface area contributed by atoms with Gasteiger partial charge in [0, 0.05) is 41.4 Å². The number of aliphatic imine (C=N–C) groups is 1. The van der Waals surface area contributed by atoms with Crippen LogP contribution in [-0.4, -0.2) is 54.5 Å². The van der Waals surface area contributed by atoms with Gasteiger partial charge in [0.1, 0.15) is 0 Å². The zero-order valence-corrected chi connectivity index (χ0v) is 21.9. The van der Waals surface area contributed by atoms with Crippen molar-refractivity contribution in [1.29, 1.82) is 0 Å². The lowest BCUT2D eigenvalue weighted by Gasteiger charge is -2.30. The van der Waals surface area contributed by atoms with Gasteiger partial charge in [-0.3, -0.25) is 9.20 Å². The molecule has 0 spiro atoms. The molecule has 8 heteroatoms. The molecule has 0 bridgehead atoms. The summed E-state index contributed by atoms with van der Waals surface area (Å²) in [7, 11) is 2.76. The highest BCUT2D eigenvalue weighted by Crippen LogP contribution is 2.28. The molecule has 1 aliphatic rings. The number of rotatable bonds is 10. The first-order chi connectivity index (χ1) is 14.1. The van der Waals surface area contributed by atoms with Crippen molar-refractivity contribution in [1.82, 2.24) is 10.6 Å². The maximum atomic E-state index is 12.1. The topological polar surface area (TPSA) is 72.0 Å². The zero-order chi connectivity index (χ0) is 21.1. The highest BCUT2D eigenvalue weighted by atomic mass is 127. The molecule has 0 heterocycles. The first kappa shape index (κ1) is 27.0. The molecule has 3 atom stereocenters. The van der Waals surface area contributed by atoms with Crippen molar-refractivity contribution in [2.75, 3.05) is 33.1 Å². The van der Waals surface area contributed by atoms with Crippen LogP contribution in [0.25, 0.3) is 0 Å². The van der Waals surface area contributed by atoms with Gasteiger partial charge in [-0.15, -0.1) is 24.0 Å². The number of methoxy groups -OCH3 is 1. The summed E-state index contributed by atoms with van der Waals surface area (Å²) in [5.41, 5.74) is 1.23. The SMILES string of the molecule is CCOc1cc(CCCNC(=NC)NC2CCCC(S(=O)CC)C2)ccc1OC.I. The molecule has 0 aromatic heterocycles. The van der Waals surface area contributed by atoms with Crippen LogP contribution in [-0.2, 0) is 17.2 Å². The normalized spacial score (nSPS) is 20.1. The first-order valence-corrected chi connectivity index (χ1v) is 12.1. The third-order valence-corrected chi connectivity index (χ3v) is 7.05. The van der Waals surface area contributed by atoms with Crippen LogP contribution >= 0.6 is 24.0 Å². The number of nitrogens with zero attached hydrogens (tertiary/aromatic N) is 1. The van der Waals surface area contributed by atoms with Gasteiger partial charge < -0.3 is 20.1 Å². The van der Waals surface area contributed by atoms with Gasteiger partial charge in [0.05, 0.1) is 13.7 Å². The Hall–Kier alpha value is -1.03. The van der Waals surface area contributed by atoms with Crippen molar-refractivity contribution in [2.24, 2.45) is 4.99 Å². The largest absolute Gasteiger partial charge is 0.493 e. The minimum absolute atomic E-state index is 0. The van der Waals surface area contributed by atoms with E-state index in [-0.39, 0.29) is 24.0 Å². The third kappa shape index (κ3) is 8.61. The van der Waals surface area contributed by atoms with Crippen molar-refractivity contribution < 1.29 is 13.7 Å². The van der Waals surface area contributed by atoms with Gasteiger partial charge in [-0.05, 0) is 56.7 Å². The predicted molar refractivity (Wildman–Crippen MR) is 137 cm³/mol. The molecule has 172 valence electrons. The molecule has 2 rings (SSSR count). The molecule has 2 N–H and O–H groups in total. The Morgan fingerprint density at radius 1 is 1.27 bits per heavy atom. The second-order valence-corrected chi connectivity index (χ2v) is 9.33. The fraction of sp³-hybridized carbons (Fsp3) is 0.682. The van der Waals surface area contributed by atoms with E-state index < -0.39 is 10.8 Å². The summed E-state index contributed by atoms with van der Waals surface area (Å²) in [4.78, 5) is 4.36. The smallest absolute Gasteiger partial charge is 0.191 e. The highest BCUT2D eigenvalue weighted by Gasteiger charge is 2.25. The van der Waals surface area contributed by atoms with Crippen LogP contribution in [0.4, 0.5) is 0 Å². The maximum Gasteiger partial charge on any atom is 0.191 e. The Bertz CT molecular complexity index is 688. The van der Waals surface area contributed by atoms with Crippen molar-refractivity contribution in [2.45, 2.75) is 63.7 Å². The van der Waals surface area contributed by atoms with Gasteiger partial charge in [0.25, 0.3) is 0 Å². The number of aryl methyl sites for hydroxylation is 1. The maximum absolute atomic E-state index is 12.1. The minimum Gasteiger partial charge on any atom is -0.493 e. The highest BCUT2D eigenvalue weighted by molar-refractivity contribution is 14.0. The van der Waals surface area contributed by atoms with E-state index >= 15 is 0 Å². The van der Waals surface area contributed by atoms with E-state index in [0.717, 1.165) is 68.3 Å². The average molecular weight is 552 g/mol. The summed E-state index contributed by atoms with van der Waals surface area (Å²) in [6.45, 7) is 5.45. The number of hydrogen-bond acceptors (Lipinski definition) is 4. The molecule has 1 aromatic carbocycles. The molecular formula is C22H38IN3O3S. The summed E-state index contributed by atoms with van der Waals surface area (Å²) >= 11 is 0. The Morgan fingerprint density at radius 3 is 2.73 bits per heavy atom. The monoisotopic (exact) mass is 551 g/mol. The molecule has 1 saturated carbocycles. The Kier molecular flexibility index (Phi) is 13.4. The Labute approximate surface area is 201 Å². The fourth-order valence-electron chi connectivity index (χ4n) is 3.78. The second-order valence-electron chi connectivity index (χ2n) is 7.32. The summed E-state index contributed by atoms with van der Waals surface area (Å²) < 4.78 is 23.1. The van der Waals surface area contributed by atoms with Crippen LogP contribution in [0.2, 0.25) is 0 Å². The van der Waals surface area contributed by atoms with E-state index in [9.17, 15) is 4.21 Å². The number of benzene rings is 1. The number of halogens is 1. The lowest BCUT2D eigenvalue weighted by Crippen LogP contribution is -2.46. The van der Waals surface area contributed by atoms with Crippen molar-refractivity contribution in [3.05, 3.63) is 23.8 Å². The van der Waals surface area contributed by atoms with E-state index in [0.29, 0.717) is 17.9 Å². The molecule has 1 aromatic rings. The number of hydrogen-bond donors (Lipinski definition) is 2. The molecule has 1 fully saturated rings. The van der Waals surface area contributed by atoms with Crippen molar-refractivity contribution >= 4 is 40.7 Å². The first-order valence-electron chi connectivity index (χ1n) is 10.7. The van der Waals surface area contributed by atoms with E-state index in [4.69, 9.17) is 9.47 Å². The quantitative estimate of drug-likeness (QED) is 0.200. The summed E-state index contributed by atoms with van der Waals surface area (Å²) in [6, 6.07) is 6.47. The summed E-state index contributed by atoms with van der Waals surface area (Å²) in [5, 5.41) is 7.25. The van der Waals surface area contributed by atoms with Crippen LogP contribution in [0.1, 0.15) is 51.5 Å². The number of ether oxygens (including phenoxy) is 2. The van der Waals surface area contributed by atoms with E-state index in [1.54, 1.807) is 14.2 Å². The predicted octanol–water partition coefficient (Wildman–Crippen LogP) is 3.89. The van der Waals surface area contributed by atoms with Crippen LogP contribution < -0.4 is 20.1 Å². The third-order valence-electron chi connectivity index (χ3n) is 5.31. The van der Waals surface area contributed by atoms with Crippen molar-refractivity contribution in [3.63, 3.8) is 0 Å². The van der Waals surface area contributed by atoms with E-state index in [1.165, 1.54) is 5.56 Å². The van der Waals surface area contributed by atoms with Crippen LogP contribution in [0.5, 0.6) is 11.5 Å². The molecule has 6 nitrogen and oxygen atoms in total. The van der Waals surface area contributed by atoms with Gasteiger partial charge in [-0.2, -0.15) is 0 Å². The second kappa shape index (κ2) is 14.9. The molecule has 1 aliphatic carbocycles. The van der Waals surface area contributed by atoms with Crippen molar-refractivity contribution in [3.8, 4) is 11.5 Å². The Balaban J connectivity index is 0.00000450. The molecule has 0 amide bonds. The summed E-state index contributed by atoms with van der Waals surface area (Å²) in [6.07, 6.45) is 6.24. The van der Waals surface area contributed by atoms with Crippen LogP contribution in [0, 0.1) is 0 Å². The number of nitrogens with one attached hydrogen (secondary N) is 2. The lowest BCUT2D eigenvalue weighted by molar-refractivity contribution is 0.310. The molecule has 30 heavy (non-hydrogen) atoms. The lowest BCUT2D eigenvalue weighted by atomic mass is 9.95. The molecule has 3 unspecified atom stereocenters. The zero-order valence-electron chi connectivity index (χ0n) is 18.7. The van der Waals surface area contributed by atoms with Gasteiger partial charge in [0.2, 0.25) is 0 Å². The Morgan fingerprint density at radius 2 is 2.07 bits per heavy atom. The average Bonchev–Trinajstić information content (AvgIpc) is 2.75. The number of guanidine groups is 1. The fourth-order valence-corrected chi connectivity index (χ4v) is 5.13. The standard InChI is InChI=1S/C22H37N3O3S.HI/c1-5-28-21-15-17(12-13-20(21)27-4)9-8-14-24-22(23-3)25-18-10-7-11-19(16-18)29(26)6-2;/h12-13,15,18-19H,5-11,14,16H2,1-4H3,(H2,23,24,25);1H. The van der Waals surface area contributed by atoms with Crippen LogP contribution in [0.3, 0.4) is 0 Å². The molecule has 0 saturated heterocycles. The summed E-state index contributed by atoms with van der Waals surface area (Å²) in [5.74, 6) is 3.16.